The summed E-state index contributed by atoms with van der Waals surface area (Å²) in [4.78, 5) is 12.2. The molecule has 0 aliphatic heterocycles. The zero-order valence-corrected chi connectivity index (χ0v) is 12.1. The molecule has 0 saturated heterocycles. The lowest BCUT2D eigenvalue weighted by Crippen LogP contribution is -2.19. The first-order valence-electron chi connectivity index (χ1n) is 6.80. The zero-order valence-electron chi connectivity index (χ0n) is 12.1. The number of carbonyl (C=O) groups is 1. The Labute approximate surface area is 127 Å². The minimum atomic E-state index is -0.166. The lowest BCUT2D eigenvalue weighted by Gasteiger charge is -2.08. The largest absolute Gasteiger partial charge is 0.497 e. The number of nitrogen functional groups attached to an aromatic ring is 1. The van der Waals surface area contributed by atoms with Crippen LogP contribution in [0.15, 0.2) is 48.7 Å². The van der Waals surface area contributed by atoms with E-state index in [0.717, 1.165) is 10.9 Å². The maximum Gasteiger partial charge on any atom is 0.246 e. The predicted molar refractivity (Wildman–Crippen MR) is 85.8 cm³/mol. The highest BCUT2D eigenvalue weighted by atomic mass is 16.5. The second kappa shape index (κ2) is 5.77. The summed E-state index contributed by atoms with van der Waals surface area (Å²) < 4.78 is 6.76. The van der Waals surface area contributed by atoms with Crippen LogP contribution in [0.2, 0.25) is 0 Å². The molecule has 6 nitrogen and oxygen atoms in total. The number of fused-ring (bicyclic) bond motifs is 1. The minimum Gasteiger partial charge on any atom is -0.497 e. The van der Waals surface area contributed by atoms with Crippen LogP contribution in [0, 0.1) is 0 Å². The molecule has 3 N–H and O–H groups in total. The van der Waals surface area contributed by atoms with E-state index in [0.29, 0.717) is 17.1 Å². The van der Waals surface area contributed by atoms with E-state index in [-0.39, 0.29) is 12.5 Å². The summed E-state index contributed by atoms with van der Waals surface area (Å²) in [7, 11) is 1.58. The van der Waals surface area contributed by atoms with Gasteiger partial charge in [0.2, 0.25) is 5.91 Å². The van der Waals surface area contributed by atoms with Gasteiger partial charge in [-0.1, -0.05) is 6.07 Å². The lowest BCUT2D eigenvalue weighted by molar-refractivity contribution is -0.116. The highest BCUT2D eigenvalue weighted by Crippen LogP contribution is 2.18. The van der Waals surface area contributed by atoms with E-state index in [9.17, 15) is 4.79 Å². The number of benzene rings is 2. The number of hydrogen-bond donors (Lipinski definition) is 2. The van der Waals surface area contributed by atoms with Crippen molar-refractivity contribution in [2.24, 2.45) is 0 Å². The summed E-state index contributed by atoms with van der Waals surface area (Å²) in [5.41, 5.74) is 7.94. The number of ether oxygens (including phenoxy) is 1. The number of nitrogens with two attached hydrogens (primary N) is 1. The highest BCUT2D eigenvalue weighted by molar-refractivity contribution is 5.92. The van der Waals surface area contributed by atoms with Crippen molar-refractivity contribution in [2.75, 3.05) is 18.2 Å². The van der Waals surface area contributed by atoms with E-state index in [1.807, 2.05) is 24.3 Å². The summed E-state index contributed by atoms with van der Waals surface area (Å²) >= 11 is 0. The normalized spacial score (nSPS) is 10.6. The number of carbonyl (C=O) groups excluding carboxylic acids is 1. The molecule has 0 unspecified atom stereocenters. The Kier molecular flexibility index (Phi) is 3.65. The number of methoxy groups -OCH3 is 1. The van der Waals surface area contributed by atoms with Crippen molar-refractivity contribution in [1.29, 1.82) is 0 Å². The summed E-state index contributed by atoms with van der Waals surface area (Å²) in [6, 6.07) is 12.7. The molecule has 0 saturated carbocycles. The number of aromatic nitrogens is 2. The Hall–Kier alpha value is -3.02. The number of nitrogens with zero attached hydrogens (tertiary/aromatic N) is 2. The lowest BCUT2D eigenvalue weighted by atomic mass is 10.2. The molecule has 2 aromatic carbocycles. The Bertz CT molecular complexity index is 826. The molecule has 0 spiro atoms. The van der Waals surface area contributed by atoms with Gasteiger partial charge in [-0.25, -0.2) is 0 Å². The SMILES string of the molecule is COc1cccc(NC(=O)Cn2ncc3ccc(N)cc32)c1. The molecule has 1 heterocycles. The Morgan fingerprint density at radius 1 is 1.32 bits per heavy atom. The first kappa shape index (κ1) is 13.9. The van der Waals surface area contributed by atoms with Crippen LogP contribution in [0.5, 0.6) is 5.75 Å². The summed E-state index contributed by atoms with van der Waals surface area (Å²) in [6.45, 7) is 0.115. The van der Waals surface area contributed by atoms with Crippen LogP contribution < -0.4 is 15.8 Å². The van der Waals surface area contributed by atoms with Gasteiger partial charge >= 0.3 is 0 Å². The molecule has 0 radical (unpaired) electrons. The number of nitrogens with one attached hydrogen (secondary N) is 1. The van der Waals surface area contributed by atoms with E-state index in [4.69, 9.17) is 10.5 Å². The first-order valence-corrected chi connectivity index (χ1v) is 6.80. The van der Waals surface area contributed by atoms with Gasteiger partial charge in [0.1, 0.15) is 12.3 Å². The van der Waals surface area contributed by atoms with Gasteiger partial charge in [0.05, 0.1) is 18.8 Å². The van der Waals surface area contributed by atoms with Crippen molar-refractivity contribution in [1.82, 2.24) is 9.78 Å². The third kappa shape index (κ3) is 2.85. The number of hydrogen-bond acceptors (Lipinski definition) is 4. The number of amides is 1. The van der Waals surface area contributed by atoms with Gasteiger partial charge in [-0.05, 0) is 30.3 Å². The molecule has 1 aromatic heterocycles. The third-order valence-corrected chi connectivity index (χ3v) is 3.32. The second-order valence-corrected chi connectivity index (χ2v) is 4.90. The molecule has 0 aliphatic carbocycles. The quantitative estimate of drug-likeness (QED) is 0.724. The van der Waals surface area contributed by atoms with Crippen LogP contribution in [0.3, 0.4) is 0 Å². The summed E-state index contributed by atoms with van der Waals surface area (Å²) in [5.74, 6) is 0.524. The van der Waals surface area contributed by atoms with Crippen LogP contribution in [0.1, 0.15) is 0 Å². The van der Waals surface area contributed by atoms with E-state index in [1.54, 1.807) is 36.2 Å². The molecule has 6 heteroatoms. The molecule has 0 fully saturated rings. The van der Waals surface area contributed by atoms with Gasteiger partial charge in [-0.2, -0.15) is 5.10 Å². The van der Waals surface area contributed by atoms with Gasteiger partial charge in [0.15, 0.2) is 0 Å². The van der Waals surface area contributed by atoms with Crippen LogP contribution in [-0.2, 0) is 11.3 Å². The van der Waals surface area contributed by atoms with E-state index in [1.165, 1.54) is 0 Å². The van der Waals surface area contributed by atoms with Gasteiger partial charge in [0.25, 0.3) is 0 Å². The summed E-state index contributed by atoms with van der Waals surface area (Å²) in [5, 5.41) is 8.00. The molecule has 22 heavy (non-hydrogen) atoms. The second-order valence-electron chi connectivity index (χ2n) is 4.90. The minimum absolute atomic E-state index is 0.115. The zero-order chi connectivity index (χ0) is 15.5. The van der Waals surface area contributed by atoms with Crippen molar-refractivity contribution in [2.45, 2.75) is 6.54 Å². The van der Waals surface area contributed by atoms with E-state index in [2.05, 4.69) is 10.4 Å². The fourth-order valence-corrected chi connectivity index (χ4v) is 2.25. The first-order chi connectivity index (χ1) is 10.7. The highest BCUT2D eigenvalue weighted by Gasteiger charge is 2.08. The standard InChI is InChI=1S/C16H16N4O2/c1-22-14-4-2-3-13(8-14)19-16(21)10-20-15-7-12(17)6-5-11(15)9-18-20/h2-9H,10,17H2,1H3,(H,19,21). The van der Waals surface area contributed by atoms with Crippen molar-refractivity contribution >= 4 is 28.2 Å². The molecule has 112 valence electrons. The van der Waals surface area contributed by atoms with E-state index < -0.39 is 0 Å². The molecule has 0 bridgehead atoms. The third-order valence-electron chi connectivity index (χ3n) is 3.32. The average molecular weight is 296 g/mol. The van der Waals surface area contributed by atoms with Crippen molar-refractivity contribution in [3.8, 4) is 5.75 Å². The predicted octanol–water partition coefficient (Wildman–Crippen LogP) is 2.27. The fourth-order valence-electron chi connectivity index (χ4n) is 2.25. The maximum absolute atomic E-state index is 12.2. The van der Waals surface area contributed by atoms with Crippen LogP contribution in [0.25, 0.3) is 10.9 Å². The Balaban J connectivity index is 1.76. The van der Waals surface area contributed by atoms with Crippen molar-refractivity contribution in [3.63, 3.8) is 0 Å². The Morgan fingerprint density at radius 3 is 3.00 bits per heavy atom. The molecule has 3 rings (SSSR count). The molecule has 3 aromatic rings. The van der Waals surface area contributed by atoms with Crippen LogP contribution in [-0.4, -0.2) is 22.8 Å². The summed E-state index contributed by atoms with van der Waals surface area (Å²) in [6.07, 6.45) is 1.72. The molecule has 0 atom stereocenters. The number of rotatable bonds is 4. The van der Waals surface area contributed by atoms with Crippen molar-refractivity contribution in [3.05, 3.63) is 48.7 Å². The fraction of sp³-hybridized carbons (Fsp3) is 0.125. The molecule has 1 amide bonds. The van der Waals surface area contributed by atoms with Gasteiger partial charge in [-0.15, -0.1) is 0 Å². The monoisotopic (exact) mass is 296 g/mol. The van der Waals surface area contributed by atoms with Gasteiger partial charge < -0.3 is 15.8 Å². The molecular weight excluding hydrogens is 280 g/mol. The van der Waals surface area contributed by atoms with Gasteiger partial charge in [0, 0.05) is 22.8 Å². The van der Waals surface area contributed by atoms with Crippen molar-refractivity contribution < 1.29 is 9.53 Å². The Morgan fingerprint density at radius 2 is 2.18 bits per heavy atom. The van der Waals surface area contributed by atoms with E-state index >= 15 is 0 Å². The van der Waals surface area contributed by atoms with Gasteiger partial charge in [-0.3, -0.25) is 9.48 Å². The smallest absolute Gasteiger partial charge is 0.246 e. The van der Waals surface area contributed by atoms with Crippen LogP contribution in [0.4, 0.5) is 11.4 Å². The number of anilines is 2. The molecular formula is C16H16N4O2. The van der Waals surface area contributed by atoms with Crippen LogP contribution >= 0.6 is 0 Å². The molecule has 0 aliphatic rings. The average Bonchev–Trinajstić information content (AvgIpc) is 2.89. The topological polar surface area (TPSA) is 82.2 Å². The maximum atomic E-state index is 12.2.